The zero-order valence-electron chi connectivity index (χ0n) is 15.4. The van der Waals surface area contributed by atoms with Gasteiger partial charge in [-0.3, -0.25) is 4.79 Å². The summed E-state index contributed by atoms with van der Waals surface area (Å²) < 4.78 is 16.2. The Hall–Kier alpha value is -3.31. The number of nitrogens with zero attached hydrogens (tertiary/aromatic N) is 1. The number of rotatable bonds is 3. The van der Waals surface area contributed by atoms with Gasteiger partial charge in [-0.1, -0.05) is 60.3 Å². The number of hydrogen-bond acceptors (Lipinski definition) is 2. The van der Waals surface area contributed by atoms with E-state index in [-0.39, 0.29) is 11.7 Å². The number of thioether (sulfide) groups is 1. The number of carbonyl (C=O) groups excluding carboxylic acids is 1. The van der Waals surface area contributed by atoms with Gasteiger partial charge in [0.2, 0.25) is 0 Å². The fraction of sp³-hybridized carbons (Fsp3) is 0.0417. The first kappa shape index (κ1) is 17.8. The molecule has 4 aromatic rings. The summed E-state index contributed by atoms with van der Waals surface area (Å²) in [6, 6.07) is 22.6. The van der Waals surface area contributed by atoms with Crippen molar-refractivity contribution in [3.8, 4) is 0 Å². The Labute approximate surface area is 171 Å². The topological polar surface area (TPSA) is 34.0 Å². The third-order valence-corrected chi connectivity index (χ3v) is 6.08. The van der Waals surface area contributed by atoms with Crippen LogP contribution >= 0.6 is 11.8 Å². The van der Waals surface area contributed by atoms with Gasteiger partial charge in [0.05, 0.1) is 17.1 Å². The number of nitrogens with one attached hydrogen (secondary N) is 1. The van der Waals surface area contributed by atoms with Crippen LogP contribution in [0.3, 0.4) is 0 Å². The highest BCUT2D eigenvalue weighted by atomic mass is 32.2. The molecule has 0 unspecified atom stereocenters. The van der Waals surface area contributed by atoms with Gasteiger partial charge in [0.1, 0.15) is 5.82 Å². The molecule has 0 radical (unpaired) electrons. The van der Waals surface area contributed by atoms with Gasteiger partial charge in [0, 0.05) is 33.1 Å². The van der Waals surface area contributed by atoms with Crippen molar-refractivity contribution in [1.29, 1.82) is 0 Å². The van der Waals surface area contributed by atoms with E-state index >= 15 is 0 Å². The lowest BCUT2D eigenvalue weighted by Crippen LogP contribution is -2.16. The van der Waals surface area contributed by atoms with E-state index in [0.29, 0.717) is 17.0 Å². The van der Waals surface area contributed by atoms with Crippen LogP contribution in [-0.2, 0) is 11.3 Å². The van der Waals surface area contributed by atoms with Crippen molar-refractivity contribution >= 4 is 40.3 Å². The smallest absolute Gasteiger partial charge is 0.262 e. The number of carbonyl (C=O) groups is 1. The van der Waals surface area contributed by atoms with Gasteiger partial charge < -0.3 is 9.88 Å². The predicted octanol–water partition coefficient (Wildman–Crippen LogP) is 5.91. The third-order valence-electron chi connectivity index (χ3n) is 4.98. The van der Waals surface area contributed by atoms with Crippen molar-refractivity contribution in [3.05, 3.63) is 101 Å². The van der Waals surface area contributed by atoms with Crippen LogP contribution in [0.4, 0.5) is 10.1 Å². The molecule has 1 aliphatic heterocycles. The lowest BCUT2D eigenvalue weighted by molar-refractivity contribution is -0.112. The standard InChI is InChI=1S/C24H17FN2OS/c25-19-9-3-1-7-16(19)14-27-15-17(18-8-2-5-11-21(18)27)13-23-24(28)26-20-10-4-6-12-22(20)29-23/h1-13,15H,14H2,(H,26,28)/b23-13-. The second-order valence-electron chi connectivity index (χ2n) is 6.88. The Kier molecular flexibility index (Phi) is 4.45. The van der Waals surface area contributed by atoms with Crippen molar-refractivity contribution in [1.82, 2.24) is 4.57 Å². The Morgan fingerprint density at radius 3 is 2.62 bits per heavy atom. The van der Waals surface area contributed by atoms with E-state index in [4.69, 9.17) is 0 Å². The van der Waals surface area contributed by atoms with Crippen molar-refractivity contribution in [2.45, 2.75) is 11.4 Å². The Balaban J connectivity index is 1.57. The first-order valence-corrected chi connectivity index (χ1v) is 10.1. The highest BCUT2D eigenvalue weighted by molar-refractivity contribution is 8.04. The molecule has 1 aromatic heterocycles. The van der Waals surface area contributed by atoms with Gasteiger partial charge in [-0.2, -0.15) is 0 Å². The van der Waals surface area contributed by atoms with Crippen LogP contribution in [0.1, 0.15) is 11.1 Å². The maximum atomic E-state index is 14.2. The Morgan fingerprint density at radius 1 is 0.966 bits per heavy atom. The molecule has 0 bridgehead atoms. The fourth-order valence-corrected chi connectivity index (χ4v) is 4.52. The number of halogens is 1. The molecule has 0 saturated heterocycles. The molecular formula is C24H17FN2OS. The van der Waals surface area contributed by atoms with Gasteiger partial charge >= 0.3 is 0 Å². The molecule has 0 saturated carbocycles. The van der Waals surface area contributed by atoms with Crippen LogP contribution in [0.5, 0.6) is 0 Å². The molecule has 1 aliphatic rings. The van der Waals surface area contributed by atoms with Gasteiger partial charge in [0.15, 0.2) is 0 Å². The molecule has 2 heterocycles. The molecule has 5 rings (SSSR count). The first-order chi connectivity index (χ1) is 14.2. The summed E-state index contributed by atoms with van der Waals surface area (Å²) in [4.78, 5) is 14.2. The van der Waals surface area contributed by atoms with Crippen LogP contribution in [0.15, 0.2) is 88.8 Å². The second kappa shape index (κ2) is 7.26. The van der Waals surface area contributed by atoms with Crippen LogP contribution in [0.25, 0.3) is 17.0 Å². The van der Waals surface area contributed by atoms with Gasteiger partial charge in [-0.25, -0.2) is 4.39 Å². The summed E-state index contributed by atoms with van der Waals surface area (Å²) in [5, 5.41) is 3.98. The SMILES string of the molecule is O=C1Nc2ccccc2S/C1=C\c1cn(Cc2ccccc2F)c2ccccc12. The number of aromatic nitrogens is 1. The lowest BCUT2D eigenvalue weighted by atomic mass is 10.1. The number of amides is 1. The Morgan fingerprint density at radius 2 is 1.72 bits per heavy atom. The second-order valence-corrected chi connectivity index (χ2v) is 7.97. The first-order valence-electron chi connectivity index (χ1n) is 9.30. The average Bonchev–Trinajstić information content (AvgIpc) is 3.08. The van der Waals surface area contributed by atoms with E-state index < -0.39 is 0 Å². The van der Waals surface area contributed by atoms with E-state index in [1.807, 2.05) is 71.4 Å². The molecule has 3 aromatic carbocycles. The summed E-state index contributed by atoms with van der Waals surface area (Å²) in [5.74, 6) is -0.330. The van der Waals surface area contributed by atoms with Gasteiger partial charge in [-0.15, -0.1) is 0 Å². The number of anilines is 1. The summed E-state index contributed by atoms with van der Waals surface area (Å²) in [7, 11) is 0. The maximum absolute atomic E-state index is 14.2. The highest BCUT2D eigenvalue weighted by Crippen LogP contribution is 2.39. The van der Waals surface area contributed by atoms with Crippen LogP contribution in [0.2, 0.25) is 0 Å². The molecule has 5 heteroatoms. The van der Waals surface area contributed by atoms with E-state index in [0.717, 1.165) is 27.0 Å². The van der Waals surface area contributed by atoms with E-state index in [9.17, 15) is 9.18 Å². The summed E-state index contributed by atoms with van der Waals surface area (Å²) in [6.45, 7) is 0.429. The third kappa shape index (κ3) is 3.34. The average molecular weight is 400 g/mol. The predicted molar refractivity (Wildman–Crippen MR) is 116 cm³/mol. The molecule has 0 spiro atoms. The maximum Gasteiger partial charge on any atom is 0.262 e. The minimum Gasteiger partial charge on any atom is -0.342 e. The lowest BCUT2D eigenvalue weighted by Gasteiger charge is -2.18. The van der Waals surface area contributed by atoms with Gasteiger partial charge in [0.25, 0.3) is 5.91 Å². The molecule has 0 atom stereocenters. The zero-order chi connectivity index (χ0) is 19.8. The van der Waals surface area contributed by atoms with Crippen LogP contribution < -0.4 is 5.32 Å². The summed E-state index contributed by atoms with van der Waals surface area (Å²) in [6.07, 6.45) is 3.90. The molecule has 0 fully saturated rings. The number of para-hydroxylation sites is 2. The summed E-state index contributed by atoms with van der Waals surface area (Å²) >= 11 is 1.46. The van der Waals surface area contributed by atoms with Crippen molar-refractivity contribution in [2.24, 2.45) is 0 Å². The fourth-order valence-electron chi connectivity index (χ4n) is 3.58. The molecule has 1 amide bonds. The highest BCUT2D eigenvalue weighted by Gasteiger charge is 2.21. The minimum absolute atomic E-state index is 0.111. The quantitative estimate of drug-likeness (QED) is 0.434. The molecule has 0 aliphatic carbocycles. The molecule has 1 N–H and O–H groups in total. The van der Waals surface area contributed by atoms with E-state index in [1.165, 1.54) is 17.8 Å². The summed E-state index contributed by atoms with van der Waals surface area (Å²) in [5.41, 5.74) is 3.41. The zero-order valence-corrected chi connectivity index (χ0v) is 16.2. The van der Waals surface area contributed by atoms with Gasteiger partial charge in [-0.05, 0) is 30.3 Å². The number of benzene rings is 3. The minimum atomic E-state index is -0.219. The number of fused-ring (bicyclic) bond motifs is 2. The molecule has 142 valence electrons. The van der Waals surface area contributed by atoms with Crippen molar-refractivity contribution < 1.29 is 9.18 Å². The number of hydrogen-bond donors (Lipinski definition) is 1. The van der Waals surface area contributed by atoms with E-state index in [1.54, 1.807) is 12.1 Å². The van der Waals surface area contributed by atoms with Crippen molar-refractivity contribution in [2.75, 3.05) is 5.32 Å². The monoisotopic (exact) mass is 400 g/mol. The molecular weight excluding hydrogens is 383 g/mol. The Bertz CT molecular complexity index is 1270. The van der Waals surface area contributed by atoms with Crippen LogP contribution in [-0.4, -0.2) is 10.5 Å². The largest absolute Gasteiger partial charge is 0.342 e. The molecule has 29 heavy (non-hydrogen) atoms. The normalized spacial score (nSPS) is 14.8. The van der Waals surface area contributed by atoms with Crippen LogP contribution in [0, 0.1) is 5.82 Å². The van der Waals surface area contributed by atoms with E-state index in [2.05, 4.69) is 5.32 Å². The molecule has 3 nitrogen and oxygen atoms in total. The van der Waals surface area contributed by atoms with Crippen molar-refractivity contribution in [3.63, 3.8) is 0 Å².